The lowest BCUT2D eigenvalue weighted by Crippen LogP contribution is -2.08. The molecule has 0 aliphatic carbocycles. The molecule has 0 radical (unpaired) electrons. The lowest BCUT2D eigenvalue weighted by Gasteiger charge is -2.15. The summed E-state index contributed by atoms with van der Waals surface area (Å²) in [5, 5.41) is 0. The lowest BCUT2D eigenvalue weighted by atomic mass is 10.2. The van der Waals surface area contributed by atoms with Crippen molar-refractivity contribution in [1.82, 2.24) is 0 Å². The van der Waals surface area contributed by atoms with Crippen LogP contribution in [-0.2, 0) is 23.3 Å². The second-order valence-electron chi connectivity index (χ2n) is 3.68. The first-order valence-corrected chi connectivity index (χ1v) is 8.76. The molecule has 0 spiro atoms. The van der Waals surface area contributed by atoms with Crippen LogP contribution in [0.4, 0.5) is 0 Å². The topological polar surface area (TPSA) is 61.8 Å². The summed E-state index contributed by atoms with van der Waals surface area (Å²) in [6.45, 7) is 6.45. The number of benzene rings is 1. The molecular formula is C12H19O5PS. The van der Waals surface area contributed by atoms with Crippen LogP contribution >= 0.6 is 8.38 Å². The summed E-state index contributed by atoms with van der Waals surface area (Å²) in [5.41, 5.74) is 0.991. The maximum atomic E-state index is 11.9. The lowest BCUT2D eigenvalue weighted by molar-refractivity contribution is 0.244. The van der Waals surface area contributed by atoms with Gasteiger partial charge in [-0.05, 0) is 32.9 Å². The van der Waals surface area contributed by atoms with Gasteiger partial charge < -0.3 is 9.05 Å². The number of hydrogen-bond donors (Lipinski definition) is 0. The van der Waals surface area contributed by atoms with Gasteiger partial charge in [-0.25, -0.2) is 0 Å². The first kappa shape index (κ1) is 16.5. The average molecular weight is 306 g/mol. The molecule has 19 heavy (non-hydrogen) atoms. The fraction of sp³-hybridized carbons (Fsp3) is 0.500. The highest BCUT2D eigenvalue weighted by molar-refractivity contribution is 7.87. The highest BCUT2D eigenvalue weighted by atomic mass is 32.2. The van der Waals surface area contributed by atoms with Crippen LogP contribution < -0.4 is 0 Å². The minimum Gasteiger partial charge on any atom is -0.333 e. The summed E-state index contributed by atoms with van der Waals surface area (Å²) in [5.74, 6) is 0. The SMILES string of the molecule is CCOP(COS(=O)(=O)c1ccc(C)cc1)OCC. The second-order valence-corrected chi connectivity index (χ2v) is 6.74. The van der Waals surface area contributed by atoms with Crippen molar-refractivity contribution in [2.24, 2.45) is 0 Å². The van der Waals surface area contributed by atoms with E-state index in [0.29, 0.717) is 13.2 Å². The third-order valence-corrected chi connectivity index (χ3v) is 5.05. The van der Waals surface area contributed by atoms with Gasteiger partial charge in [0.1, 0.15) is 6.35 Å². The molecule has 1 aromatic carbocycles. The van der Waals surface area contributed by atoms with Gasteiger partial charge in [-0.3, -0.25) is 4.18 Å². The average Bonchev–Trinajstić information content (AvgIpc) is 2.37. The smallest absolute Gasteiger partial charge is 0.297 e. The van der Waals surface area contributed by atoms with Gasteiger partial charge in [-0.2, -0.15) is 8.42 Å². The summed E-state index contributed by atoms with van der Waals surface area (Å²) in [7, 11) is -5.08. The van der Waals surface area contributed by atoms with Gasteiger partial charge >= 0.3 is 0 Å². The van der Waals surface area contributed by atoms with Crippen molar-refractivity contribution in [2.45, 2.75) is 25.7 Å². The fourth-order valence-corrected chi connectivity index (χ4v) is 3.59. The maximum absolute atomic E-state index is 11.9. The van der Waals surface area contributed by atoms with E-state index in [2.05, 4.69) is 0 Å². The molecule has 7 heteroatoms. The largest absolute Gasteiger partial charge is 0.333 e. The van der Waals surface area contributed by atoms with Gasteiger partial charge in [0.25, 0.3) is 10.1 Å². The van der Waals surface area contributed by atoms with Gasteiger partial charge in [-0.15, -0.1) is 0 Å². The van der Waals surface area contributed by atoms with Gasteiger partial charge in [0, 0.05) is 0 Å². The van der Waals surface area contributed by atoms with Crippen molar-refractivity contribution < 1.29 is 21.6 Å². The van der Waals surface area contributed by atoms with Gasteiger partial charge in [0.15, 0.2) is 8.38 Å². The van der Waals surface area contributed by atoms with Crippen molar-refractivity contribution >= 4 is 18.5 Å². The Morgan fingerprint density at radius 2 is 1.58 bits per heavy atom. The molecule has 0 atom stereocenters. The normalized spacial score (nSPS) is 12.0. The van der Waals surface area contributed by atoms with E-state index in [-0.39, 0.29) is 11.2 Å². The molecule has 1 aromatic rings. The summed E-state index contributed by atoms with van der Waals surface area (Å²) in [4.78, 5) is 0.140. The standard InChI is InChI=1S/C12H19O5PS/c1-4-15-18(16-5-2)10-17-19(13,14)12-8-6-11(3)7-9-12/h6-9H,4-5,10H2,1-3H3. The van der Waals surface area contributed by atoms with E-state index in [1.54, 1.807) is 12.1 Å². The third kappa shape index (κ3) is 5.55. The number of aryl methyl sites for hydroxylation is 1. The Morgan fingerprint density at radius 1 is 1.05 bits per heavy atom. The Kier molecular flexibility index (Phi) is 6.89. The Bertz CT molecular complexity index is 465. The van der Waals surface area contributed by atoms with Crippen molar-refractivity contribution in [1.29, 1.82) is 0 Å². The summed E-state index contributed by atoms with van der Waals surface area (Å²) in [6.07, 6.45) is -0.0901. The predicted octanol–water partition coefficient (Wildman–Crippen LogP) is 3.04. The van der Waals surface area contributed by atoms with Crippen LogP contribution in [0.1, 0.15) is 19.4 Å². The molecule has 108 valence electrons. The van der Waals surface area contributed by atoms with E-state index in [0.717, 1.165) is 5.56 Å². The maximum Gasteiger partial charge on any atom is 0.297 e. The van der Waals surface area contributed by atoms with Gasteiger partial charge in [0.05, 0.1) is 18.1 Å². The van der Waals surface area contributed by atoms with Crippen LogP contribution in [0.3, 0.4) is 0 Å². The van der Waals surface area contributed by atoms with Gasteiger partial charge in [0.2, 0.25) is 0 Å². The van der Waals surface area contributed by atoms with Crippen LogP contribution in [0.5, 0.6) is 0 Å². The molecule has 0 bridgehead atoms. The molecule has 0 amide bonds. The molecule has 0 saturated carbocycles. The minimum atomic E-state index is -3.75. The van der Waals surface area contributed by atoms with E-state index in [1.807, 2.05) is 20.8 Å². The highest BCUT2D eigenvalue weighted by Gasteiger charge is 2.19. The monoisotopic (exact) mass is 306 g/mol. The summed E-state index contributed by atoms with van der Waals surface area (Å²) < 4.78 is 39.4. The predicted molar refractivity (Wildman–Crippen MR) is 74.5 cm³/mol. The van der Waals surface area contributed by atoms with E-state index in [9.17, 15) is 8.42 Å². The zero-order chi connectivity index (χ0) is 14.3. The zero-order valence-corrected chi connectivity index (χ0v) is 13.0. The number of rotatable bonds is 8. The molecule has 0 heterocycles. The molecule has 0 saturated heterocycles. The first-order valence-electron chi connectivity index (χ1n) is 5.99. The fourth-order valence-electron chi connectivity index (χ4n) is 1.29. The van der Waals surface area contributed by atoms with E-state index < -0.39 is 18.5 Å². The molecule has 0 aliphatic rings. The van der Waals surface area contributed by atoms with Crippen LogP contribution in [0.2, 0.25) is 0 Å². The third-order valence-electron chi connectivity index (χ3n) is 2.17. The minimum absolute atomic E-state index is 0.0901. The van der Waals surface area contributed by atoms with E-state index in [4.69, 9.17) is 13.2 Å². The van der Waals surface area contributed by atoms with E-state index in [1.165, 1.54) is 12.1 Å². The number of hydrogen-bond acceptors (Lipinski definition) is 5. The van der Waals surface area contributed by atoms with E-state index >= 15 is 0 Å². The first-order chi connectivity index (χ1) is 8.99. The quantitative estimate of drug-likeness (QED) is 0.545. The van der Waals surface area contributed by atoms with Crippen molar-refractivity contribution in [3.8, 4) is 0 Å². The Hall–Kier alpha value is -0.520. The Balaban J connectivity index is 2.66. The molecule has 0 aromatic heterocycles. The molecule has 5 nitrogen and oxygen atoms in total. The van der Waals surface area contributed by atoms with Crippen molar-refractivity contribution in [3.05, 3.63) is 29.8 Å². The molecule has 0 unspecified atom stereocenters. The second kappa shape index (κ2) is 7.92. The Morgan fingerprint density at radius 3 is 2.05 bits per heavy atom. The summed E-state index contributed by atoms with van der Waals surface area (Å²) in [6, 6.07) is 6.50. The van der Waals surface area contributed by atoms with Gasteiger partial charge in [-0.1, -0.05) is 17.7 Å². The molecule has 0 fully saturated rings. The summed E-state index contributed by atoms with van der Waals surface area (Å²) >= 11 is 0. The molecular weight excluding hydrogens is 287 g/mol. The highest BCUT2D eigenvalue weighted by Crippen LogP contribution is 2.38. The van der Waals surface area contributed by atoms with Crippen LogP contribution in [-0.4, -0.2) is 28.0 Å². The molecule has 0 aliphatic heterocycles. The molecule has 1 rings (SSSR count). The van der Waals surface area contributed by atoms with Crippen LogP contribution in [0.25, 0.3) is 0 Å². The van der Waals surface area contributed by atoms with Crippen LogP contribution in [0, 0.1) is 6.92 Å². The van der Waals surface area contributed by atoms with Crippen LogP contribution in [0.15, 0.2) is 29.2 Å². The Labute approximate surface area is 115 Å². The zero-order valence-electron chi connectivity index (χ0n) is 11.3. The van der Waals surface area contributed by atoms with Crippen molar-refractivity contribution in [2.75, 3.05) is 19.6 Å². The van der Waals surface area contributed by atoms with Crippen molar-refractivity contribution in [3.63, 3.8) is 0 Å². The molecule has 0 N–H and O–H groups in total.